The Hall–Kier alpha value is -1.02. The van der Waals surface area contributed by atoms with Gasteiger partial charge in [-0.1, -0.05) is 49.5 Å². The molecule has 0 spiro atoms. The second-order valence-corrected chi connectivity index (χ2v) is 6.54. The second-order valence-electron chi connectivity index (χ2n) is 4.33. The molecule has 0 saturated carbocycles. The van der Waals surface area contributed by atoms with E-state index in [1.54, 1.807) is 18.2 Å². The van der Waals surface area contributed by atoms with E-state index in [2.05, 4.69) is 43.2 Å². The Labute approximate surface area is 140 Å². The van der Waals surface area contributed by atoms with Crippen molar-refractivity contribution in [2.75, 3.05) is 5.32 Å². The van der Waals surface area contributed by atoms with Crippen molar-refractivity contribution in [2.45, 2.75) is 13.0 Å². The molecule has 0 bridgehead atoms. The van der Waals surface area contributed by atoms with Crippen molar-refractivity contribution in [3.63, 3.8) is 0 Å². The Balaban J connectivity index is 2.30. The van der Waals surface area contributed by atoms with Gasteiger partial charge in [0.05, 0.1) is 11.3 Å². The van der Waals surface area contributed by atoms with Gasteiger partial charge in [0.25, 0.3) is 0 Å². The lowest BCUT2D eigenvalue weighted by Crippen LogP contribution is -2.08. The van der Waals surface area contributed by atoms with Crippen LogP contribution in [0, 0.1) is 11.3 Å². The number of anilines is 1. The minimum Gasteiger partial charge on any atom is -0.377 e. The minimum absolute atomic E-state index is 0.0445. The largest absolute Gasteiger partial charge is 0.377 e. The molecule has 102 valence electrons. The van der Waals surface area contributed by atoms with Gasteiger partial charge in [-0.25, -0.2) is 0 Å². The van der Waals surface area contributed by atoms with Crippen molar-refractivity contribution in [3.8, 4) is 6.07 Å². The molecule has 0 saturated heterocycles. The average molecular weight is 415 g/mol. The summed E-state index contributed by atoms with van der Waals surface area (Å²) in [6, 6.07) is 13.4. The van der Waals surface area contributed by atoms with Crippen LogP contribution in [0.3, 0.4) is 0 Å². The van der Waals surface area contributed by atoms with Crippen LogP contribution in [0.5, 0.6) is 0 Å². The molecule has 0 aliphatic carbocycles. The summed E-state index contributed by atoms with van der Waals surface area (Å²) in [6.45, 7) is 2.04. The molecule has 1 atom stereocenters. The first-order chi connectivity index (χ1) is 9.51. The van der Waals surface area contributed by atoms with Gasteiger partial charge in [-0.2, -0.15) is 5.26 Å². The normalized spacial score (nSPS) is 11.8. The lowest BCUT2D eigenvalue weighted by molar-refractivity contribution is 0.877. The summed E-state index contributed by atoms with van der Waals surface area (Å²) in [5.74, 6) is 0. The molecule has 0 aliphatic rings. The zero-order chi connectivity index (χ0) is 14.7. The van der Waals surface area contributed by atoms with Crippen molar-refractivity contribution in [1.29, 1.82) is 5.26 Å². The molecule has 0 aliphatic heterocycles. The summed E-state index contributed by atoms with van der Waals surface area (Å²) in [4.78, 5) is 0. The smallest absolute Gasteiger partial charge is 0.101 e. The third kappa shape index (κ3) is 3.54. The predicted molar refractivity (Wildman–Crippen MR) is 90.0 cm³/mol. The number of halogens is 3. The zero-order valence-electron chi connectivity index (χ0n) is 10.6. The Morgan fingerprint density at radius 1 is 1.20 bits per heavy atom. The van der Waals surface area contributed by atoms with Gasteiger partial charge in [0.1, 0.15) is 6.07 Å². The fourth-order valence-corrected chi connectivity index (χ4v) is 3.46. The third-order valence-electron chi connectivity index (χ3n) is 2.90. The fourth-order valence-electron chi connectivity index (χ4n) is 1.90. The highest BCUT2D eigenvalue weighted by atomic mass is 79.9. The van der Waals surface area contributed by atoms with Crippen molar-refractivity contribution < 1.29 is 0 Å². The maximum Gasteiger partial charge on any atom is 0.101 e. The van der Waals surface area contributed by atoms with Crippen LogP contribution in [0.4, 0.5) is 5.69 Å². The van der Waals surface area contributed by atoms with Crippen molar-refractivity contribution >= 4 is 49.1 Å². The lowest BCUT2D eigenvalue weighted by atomic mass is 10.1. The van der Waals surface area contributed by atoms with E-state index in [0.717, 1.165) is 20.2 Å². The van der Waals surface area contributed by atoms with E-state index in [4.69, 9.17) is 16.9 Å². The number of benzene rings is 2. The highest BCUT2D eigenvalue weighted by Crippen LogP contribution is 2.30. The number of hydrogen-bond donors (Lipinski definition) is 1. The number of nitrogens with zero attached hydrogens (tertiary/aromatic N) is 1. The predicted octanol–water partition coefficient (Wildman–Crippen LogP) is 5.91. The van der Waals surface area contributed by atoms with Crippen LogP contribution in [0.2, 0.25) is 5.02 Å². The van der Waals surface area contributed by atoms with Gasteiger partial charge in [0, 0.05) is 20.0 Å². The van der Waals surface area contributed by atoms with Crippen LogP contribution in [-0.2, 0) is 0 Å². The summed E-state index contributed by atoms with van der Waals surface area (Å²) in [7, 11) is 0. The first-order valence-corrected chi connectivity index (χ1v) is 7.89. The van der Waals surface area contributed by atoms with Gasteiger partial charge in [0.15, 0.2) is 0 Å². The van der Waals surface area contributed by atoms with Gasteiger partial charge in [0.2, 0.25) is 0 Å². The molecule has 0 heterocycles. The van der Waals surface area contributed by atoms with E-state index in [-0.39, 0.29) is 6.04 Å². The highest BCUT2D eigenvalue weighted by molar-refractivity contribution is 9.11. The molecule has 0 radical (unpaired) electrons. The zero-order valence-corrected chi connectivity index (χ0v) is 14.6. The van der Waals surface area contributed by atoms with Crippen molar-refractivity contribution in [1.82, 2.24) is 0 Å². The maximum absolute atomic E-state index is 9.14. The molecular formula is C15H11Br2ClN2. The molecule has 20 heavy (non-hydrogen) atoms. The molecule has 0 fully saturated rings. The molecule has 0 amide bonds. The number of nitrogens with one attached hydrogen (secondary N) is 1. The molecule has 2 aromatic carbocycles. The molecule has 5 heteroatoms. The second kappa shape index (κ2) is 6.62. The molecule has 2 nitrogen and oxygen atoms in total. The Morgan fingerprint density at radius 3 is 2.60 bits per heavy atom. The van der Waals surface area contributed by atoms with E-state index in [0.29, 0.717) is 10.6 Å². The summed E-state index contributed by atoms with van der Waals surface area (Å²) in [6.07, 6.45) is 0. The Kier molecular flexibility index (Phi) is 5.09. The van der Waals surface area contributed by atoms with E-state index in [1.165, 1.54) is 0 Å². The van der Waals surface area contributed by atoms with Crippen LogP contribution >= 0.6 is 43.5 Å². The summed E-state index contributed by atoms with van der Waals surface area (Å²) < 4.78 is 2.02. The van der Waals surface area contributed by atoms with Crippen molar-refractivity contribution in [2.24, 2.45) is 0 Å². The molecule has 1 N–H and O–H groups in total. The van der Waals surface area contributed by atoms with E-state index >= 15 is 0 Å². The van der Waals surface area contributed by atoms with Gasteiger partial charge >= 0.3 is 0 Å². The highest BCUT2D eigenvalue weighted by Gasteiger charge is 2.12. The standard InChI is InChI=1S/C15H11Br2ClN2/c1-9(13-5-3-11(16)6-14(13)17)20-15-7-12(18)4-2-10(15)8-19/h2-7,9,20H,1H3. The van der Waals surface area contributed by atoms with Gasteiger partial charge in [-0.3, -0.25) is 0 Å². The van der Waals surface area contributed by atoms with Gasteiger partial charge in [-0.05, 0) is 42.8 Å². The minimum atomic E-state index is 0.0445. The maximum atomic E-state index is 9.14. The van der Waals surface area contributed by atoms with E-state index < -0.39 is 0 Å². The monoisotopic (exact) mass is 412 g/mol. The lowest BCUT2D eigenvalue weighted by Gasteiger charge is -2.18. The summed E-state index contributed by atoms with van der Waals surface area (Å²) in [5.41, 5.74) is 2.42. The number of rotatable bonds is 3. The number of nitriles is 1. The van der Waals surface area contributed by atoms with E-state index in [1.807, 2.05) is 25.1 Å². The molecule has 2 rings (SSSR count). The Bertz CT molecular complexity index is 680. The average Bonchev–Trinajstić information content (AvgIpc) is 2.38. The third-order valence-corrected chi connectivity index (χ3v) is 4.32. The summed E-state index contributed by atoms with van der Waals surface area (Å²) in [5, 5.41) is 13.1. The Morgan fingerprint density at radius 2 is 1.95 bits per heavy atom. The first kappa shape index (κ1) is 15.4. The fraction of sp³-hybridized carbons (Fsp3) is 0.133. The first-order valence-electron chi connectivity index (χ1n) is 5.92. The van der Waals surface area contributed by atoms with Crippen molar-refractivity contribution in [3.05, 3.63) is 61.5 Å². The van der Waals surface area contributed by atoms with Crippen LogP contribution in [0.25, 0.3) is 0 Å². The molecule has 1 unspecified atom stereocenters. The topological polar surface area (TPSA) is 35.8 Å². The van der Waals surface area contributed by atoms with Crippen LogP contribution in [-0.4, -0.2) is 0 Å². The van der Waals surface area contributed by atoms with Gasteiger partial charge in [-0.15, -0.1) is 0 Å². The molecule has 2 aromatic rings. The summed E-state index contributed by atoms with van der Waals surface area (Å²) >= 11 is 13.0. The van der Waals surface area contributed by atoms with E-state index in [9.17, 15) is 0 Å². The quantitative estimate of drug-likeness (QED) is 0.678. The van der Waals surface area contributed by atoms with Crippen LogP contribution in [0.15, 0.2) is 45.3 Å². The van der Waals surface area contributed by atoms with Gasteiger partial charge < -0.3 is 5.32 Å². The molecule has 0 aromatic heterocycles. The molecular weight excluding hydrogens is 403 g/mol. The number of hydrogen-bond acceptors (Lipinski definition) is 2. The SMILES string of the molecule is CC(Nc1cc(Cl)ccc1C#N)c1ccc(Br)cc1Br. The van der Waals surface area contributed by atoms with Crippen LogP contribution < -0.4 is 5.32 Å². The van der Waals surface area contributed by atoms with Crippen LogP contribution in [0.1, 0.15) is 24.1 Å².